The van der Waals surface area contributed by atoms with Crippen LogP contribution in [0.5, 0.6) is 11.5 Å². The minimum Gasteiger partial charge on any atom is -0.490 e. The summed E-state index contributed by atoms with van der Waals surface area (Å²) in [5.41, 5.74) is 1.64. The van der Waals surface area contributed by atoms with E-state index in [1.165, 1.54) is 0 Å². The number of hydrogen-bond acceptors (Lipinski definition) is 6. The molecule has 0 saturated carbocycles. The van der Waals surface area contributed by atoms with Gasteiger partial charge in [0, 0.05) is 23.4 Å². The number of ether oxygens (including phenoxy) is 2. The first-order valence-electron chi connectivity index (χ1n) is 9.73. The molecule has 2 aromatic carbocycles. The average Bonchev–Trinajstić information content (AvgIpc) is 3.18. The highest BCUT2D eigenvalue weighted by Gasteiger charge is 2.13. The lowest BCUT2D eigenvalue weighted by Crippen LogP contribution is -2.03. The molecule has 0 fully saturated rings. The highest BCUT2D eigenvalue weighted by molar-refractivity contribution is 7.99. The van der Waals surface area contributed by atoms with Crippen LogP contribution in [0.25, 0.3) is 11.4 Å². The van der Waals surface area contributed by atoms with Gasteiger partial charge < -0.3 is 14.0 Å². The van der Waals surface area contributed by atoms with Crippen LogP contribution < -0.4 is 9.47 Å². The van der Waals surface area contributed by atoms with E-state index in [1.807, 2.05) is 37.3 Å². The third-order valence-electron chi connectivity index (χ3n) is 4.25. The summed E-state index contributed by atoms with van der Waals surface area (Å²) in [5, 5.41) is 9.64. The van der Waals surface area contributed by atoms with Gasteiger partial charge in [0.1, 0.15) is 6.29 Å². The Morgan fingerprint density at radius 1 is 1.03 bits per heavy atom. The lowest BCUT2D eigenvalue weighted by atomic mass is 10.2. The zero-order chi connectivity index (χ0) is 20.5. The molecule has 1 aromatic heterocycles. The summed E-state index contributed by atoms with van der Waals surface area (Å²) < 4.78 is 13.6. The lowest BCUT2D eigenvalue weighted by Gasteiger charge is -2.12. The van der Waals surface area contributed by atoms with Gasteiger partial charge in [-0.05, 0) is 38.5 Å². The molecule has 0 radical (unpaired) electrons. The Morgan fingerprint density at radius 2 is 1.86 bits per heavy atom. The van der Waals surface area contributed by atoms with Crippen molar-refractivity contribution in [2.75, 3.05) is 19.0 Å². The fraction of sp³-hybridized carbons (Fsp3) is 0.318. The molecule has 0 atom stereocenters. The highest BCUT2D eigenvalue weighted by atomic mass is 32.2. The molecule has 0 aliphatic carbocycles. The molecular formula is C22H25N3O3S. The van der Waals surface area contributed by atoms with Crippen LogP contribution >= 0.6 is 11.8 Å². The second-order valence-corrected chi connectivity index (χ2v) is 7.29. The van der Waals surface area contributed by atoms with E-state index in [1.54, 1.807) is 30.0 Å². The van der Waals surface area contributed by atoms with Crippen molar-refractivity contribution >= 4 is 18.0 Å². The summed E-state index contributed by atoms with van der Waals surface area (Å²) >= 11 is 1.67. The first-order valence-corrected chi connectivity index (χ1v) is 10.7. The SMILES string of the molecule is CCOc1cc(C=O)ccc1OCCCSc1nnc(-c2ccccc2)n1CC. The molecule has 3 rings (SSSR count). The lowest BCUT2D eigenvalue weighted by molar-refractivity contribution is 0.112. The number of rotatable bonds is 11. The van der Waals surface area contributed by atoms with Crippen LogP contribution in [0, 0.1) is 0 Å². The van der Waals surface area contributed by atoms with Crippen LogP contribution in [0.15, 0.2) is 53.7 Å². The Kier molecular flexibility index (Phi) is 7.69. The van der Waals surface area contributed by atoms with E-state index in [4.69, 9.17) is 9.47 Å². The Morgan fingerprint density at radius 3 is 2.59 bits per heavy atom. The third kappa shape index (κ3) is 5.38. The summed E-state index contributed by atoms with van der Waals surface area (Å²) in [4.78, 5) is 10.9. The largest absolute Gasteiger partial charge is 0.490 e. The van der Waals surface area contributed by atoms with Crippen molar-refractivity contribution in [3.05, 3.63) is 54.1 Å². The second-order valence-electron chi connectivity index (χ2n) is 6.22. The Hall–Kier alpha value is -2.80. The number of carbonyl (C=O) groups is 1. The van der Waals surface area contributed by atoms with Gasteiger partial charge >= 0.3 is 0 Å². The smallest absolute Gasteiger partial charge is 0.191 e. The fourth-order valence-electron chi connectivity index (χ4n) is 2.87. The number of nitrogens with zero attached hydrogens (tertiary/aromatic N) is 3. The normalized spacial score (nSPS) is 10.7. The first-order chi connectivity index (χ1) is 14.3. The van der Waals surface area contributed by atoms with Crippen LogP contribution in [0.3, 0.4) is 0 Å². The summed E-state index contributed by atoms with van der Waals surface area (Å²) in [6, 6.07) is 15.3. The number of carbonyl (C=O) groups excluding carboxylic acids is 1. The summed E-state index contributed by atoms with van der Waals surface area (Å²) in [5.74, 6) is 3.01. The van der Waals surface area contributed by atoms with Crippen LogP contribution in [-0.4, -0.2) is 40.0 Å². The van der Waals surface area contributed by atoms with Crippen LogP contribution in [0.2, 0.25) is 0 Å². The molecule has 0 N–H and O–H groups in total. The quantitative estimate of drug-likeness (QED) is 0.258. The summed E-state index contributed by atoms with van der Waals surface area (Å²) in [6.07, 6.45) is 1.65. The van der Waals surface area contributed by atoms with E-state index in [0.29, 0.717) is 30.3 Å². The van der Waals surface area contributed by atoms with Gasteiger partial charge in [0.15, 0.2) is 22.5 Å². The number of benzene rings is 2. The fourth-order valence-corrected chi connectivity index (χ4v) is 3.79. The zero-order valence-electron chi connectivity index (χ0n) is 16.7. The number of thioether (sulfide) groups is 1. The number of aldehydes is 1. The van der Waals surface area contributed by atoms with Gasteiger partial charge in [0.05, 0.1) is 13.2 Å². The van der Waals surface area contributed by atoms with Gasteiger partial charge in [-0.2, -0.15) is 0 Å². The standard InChI is InChI=1S/C22H25N3O3S/c1-3-25-21(18-9-6-5-7-10-18)23-24-22(25)29-14-8-13-28-19-12-11-17(16-26)15-20(19)27-4-2/h5-7,9-12,15-16H,3-4,8,13-14H2,1-2H3. The summed E-state index contributed by atoms with van der Waals surface area (Å²) in [6.45, 7) is 5.89. The molecule has 7 heteroatoms. The number of aromatic nitrogens is 3. The van der Waals surface area contributed by atoms with Crippen molar-refractivity contribution in [3.8, 4) is 22.9 Å². The second kappa shape index (κ2) is 10.7. The maximum Gasteiger partial charge on any atom is 0.191 e. The van der Waals surface area contributed by atoms with Gasteiger partial charge in [-0.15, -0.1) is 10.2 Å². The van der Waals surface area contributed by atoms with Crippen LogP contribution in [0.4, 0.5) is 0 Å². The van der Waals surface area contributed by atoms with Crippen molar-refractivity contribution in [2.24, 2.45) is 0 Å². The average molecular weight is 412 g/mol. The van der Waals surface area contributed by atoms with E-state index in [2.05, 4.69) is 21.7 Å². The number of hydrogen-bond donors (Lipinski definition) is 0. The highest BCUT2D eigenvalue weighted by Crippen LogP contribution is 2.29. The predicted octanol–water partition coefficient (Wildman–Crippen LogP) is 4.74. The molecule has 0 amide bonds. The van der Waals surface area contributed by atoms with Crippen molar-refractivity contribution in [3.63, 3.8) is 0 Å². The molecule has 0 spiro atoms. The van der Waals surface area contributed by atoms with Crippen LogP contribution in [0.1, 0.15) is 30.6 Å². The maximum atomic E-state index is 10.9. The molecule has 3 aromatic rings. The summed E-state index contributed by atoms with van der Waals surface area (Å²) in [7, 11) is 0. The van der Waals surface area contributed by atoms with Crippen molar-refractivity contribution in [2.45, 2.75) is 32.0 Å². The first kappa shape index (κ1) is 20.9. The van der Waals surface area contributed by atoms with Crippen molar-refractivity contribution in [1.29, 1.82) is 0 Å². The monoisotopic (exact) mass is 411 g/mol. The molecule has 0 aliphatic heterocycles. The maximum absolute atomic E-state index is 10.9. The van der Waals surface area contributed by atoms with Gasteiger partial charge in [0.25, 0.3) is 0 Å². The van der Waals surface area contributed by atoms with E-state index >= 15 is 0 Å². The Labute approximate surface area is 175 Å². The van der Waals surface area contributed by atoms with Gasteiger partial charge in [-0.3, -0.25) is 4.79 Å². The molecule has 0 bridgehead atoms. The molecule has 6 nitrogen and oxygen atoms in total. The van der Waals surface area contributed by atoms with E-state index in [0.717, 1.165) is 41.5 Å². The van der Waals surface area contributed by atoms with Gasteiger partial charge in [-0.1, -0.05) is 42.1 Å². The Bertz CT molecular complexity index is 928. The van der Waals surface area contributed by atoms with Crippen LogP contribution in [-0.2, 0) is 6.54 Å². The van der Waals surface area contributed by atoms with Crippen molar-refractivity contribution in [1.82, 2.24) is 14.8 Å². The van der Waals surface area contributed by atoms with Gasteiger partial charge in [-0.25, -0.2) is 0 Å². The molecule has 29 heavy (non-hydrogen) atoms. The molecule has 152 valence electrons. The molecule has 0 saturated heterocycles. The topological polar surface area (TPSA) is 66.2 Å². The van der Waals surface area contributed by atoms with E-state index in [9.17, 15) is 4.79 Å². The van der Waals surface area contributed by atoms with E-state index < -0.39 is 0 Å². The Balaban J connectivity index is 1.54. The molecule has 1 heterocycles. The van der Waals surface area contributed by atoms with E-state index in [-0.39, 0.29) is 0 Å². The van der Waals surface area contributed by atoms with Crippen molar-refractivity contribution < 1.29 is 14.3 Å². The van der Waals surface area contributed by atoms with Gasteiger partial charge in [0.2, 0.25) is 0 Å². The third-order valence-corrected chi connectivity index (χ3v) is 5.30. The molecule has 0 aliphatic rings. The minimum atomic E-state index is 0.519. The molecular weight excluding hydrogens is 386 g/mol. The zero-order valence-corrected chi connectivity index (χ0v) is 17.5. The minimum absolute atomic E-state index is 0.519. The molecule has 0 unspecified atom stereocenters. The predicted molar refractivity (Wildman–Crippen MR) is 115 cm³/mol.